The lowest BCUT2D eigenvalue weighted by atomic mass is 10.1. The Balaban J connectivity index is 2.04. The second kappa shape index (κ2) is 12.1. The van der Waals surface area contributed by atoms with Crippen molar-refractivity contribution in [1.82, 2.24) is 4.72 Å². The van der Waals surface area contributed by atoms with Gasteiger partial charge in [0, 0.05) is 12.1 Å². The average molecular weight is 541 g/mol. The molecule has 38 heavy (non-hydrogen) atoms. The van der Waals surface area contributed by atoms with Crippen LogP contribution in [0.25, 0.3) is 0 Å². The highest BCUT2D eigenvalue weighted by molar-refractivity contribution is 7.89. The first-order chi connectivity index (χ1) is 18.0. The highest BCUT2D eigenvalue weighted by Gasteiger charge is 2.30. The number of esters is 1. The number of amides is 1. The number of sulfonamides is 1. The largest absolute Gasteiger partial charge is 0.493 e. The lowest BCUT2D eigenvalue weighted by molar-refractivity contribution is -0.117. The topological polar surface area (TPSA) is 120 Å². The Morgan fingerprint density at radius 3 is 2.00 bits per heavy atom. The number of nitrogens with one attached hydrogen (secondary N) is 2. The van der Waals surface area contributed by atoms with Gasteiger partial charge in [0.15, 0.2) is 11.5 Å². The number of rotatable bonds is 10. The summed E-state index contributed by atoms with van der Waals surface area (Å²) in [6, 6.07) is 14.2. The van der Waals surface area contributed by atoms with Crippen LogP contribution in [0.2, 0.25) is 0 Å². The lowest BCUT2D eigenvalue weighted by Gasteiger charge is -2.22. The van der Waals surface area contributed by atoms with E-state index in [9.17, 15) is 18.0 Å². The van der Waals surface area contributed by atoms with Crippen LogP contribution in [0.15, 0.2) is 59.5 Å². The fourth-order valence-corrected chi connectivity index (χ4v) is 6.00. The maximum atomic E-state index is 13.6. The van der Waals surface area contributed by atoms with E-state index in [1.165, 1.54) is 33.5 Å². The molecule has 9 nitrogen and oxygen atoms in total. The van der Waals surface area contributed by atoms with Crippen LogP contribution < -0.4 is 19.5 Å². The van der Waals surface area contributed by atoms with Gasteiger partial charge in [-0.15, -0.1) is 0 Å². The molecule has 10 heteroatoms. The molecule has 0 spiro atoms. The highest BCUT2D eigenvalue weighted by Crippen LogP contribution is 2.34. The molecule has 0 saturated carbocycles. The van der Waals surface area contributed by atoms with E-state index < -0.39 is 27.9 Å². The Morgan fingerprint density at radius 2 is 1.45 bits per heavy atom. The summed E-state index contributed by atoms with van der Waals surface area (Å²) in [6.07, 6.45) is 0.0662. The predicted octanol–water partition coefficient (Wildman–Crippen LogP) is 3.94. The van der Waals surface area contributed by atoms with Gasteiger partial charge in [-0.25, -0.2) is 13.2 Å². The molecule has 3 aromatic carbocycles. The first-order valence-electron chi connectivity index (χ1n) is 11.8. The third-order valence-electron chi connectivity index (χ3n) is 5.96. The van der Waals surface area contributed by atoms with Gasteiger partial charge in [0.25, 0.3) is 0 Å². The molecular weight excluding hydrogens is 508 g/mol. The number of aryl methyl sites for hydroxylation is 3. The molecule has 2 N–H and O–H groups in total. The minimum absolute atomic E-state index is 0.0186. The predicted molar refractivity (Wildman–Crippen MR) is 144 cm³/mol. The number of carbonyl (C=O) groups excluding carboxylic acids is 2. The summed E-state index contributed by atoms with van der Waals surface area (Å²) in [7, 11) is -0.0551. The number of ether oxygens (including phenoxy) is 3. The normalized spacial score (nSPS) is 11.9. The van der Waals surface area contributed by atoms with Crippen molar-refractivity contribution in [3.8, 4) is 11.5 Å². The summed E-state index contributed by atoms with van der Waals surface area (Å²) in [6.45, 7) is 5.32. The molecule has 0 bridgehead atoms. The van der Waals surface area contributed by atoms with E-state index in [0.717, 1.165) is 11.1 Å². The summed E-state index contributed by atoms with van der Waals surface area (Å²) in [5.41, 5.74) is 2.92. The Hall–Kier alpha value is -3.89. The zero-order valence-electron chi connectivity index (χ0n) is 22.2. The molecule has 202 valence electrons. The standard InChI is InChI=1S/C28H32N2O7S/c1-17-12-18(2)26(19(3)13-17)38(33,34)30-23(14-20-10-8-7-9-11-20)27(31)29-22-16-25(36-5)24(35-4)15-21(22)28(32)37-6/h7-13,15-16,23,30H,14H2,1-6H3,(H,29,31)/t23-/m0/s1. The van der Waals surface area contributed by atoms with Crippen LogP contribution in [0.4, 0.5) is 5.69 Å². The average Bonchev–Trinajstić information content (AvgIpc) is 2.87. The van der Waals surface area contributed by atoms with Crippen LogP contribution in [0.3, 0.4) is 0 Å². The first-order valence-corrected chi connectivity index (χ1v) is 13.3. The van der Waals surface area contributed by atoms with E-state index in [4.69, 9.17) is 14.2 Å². The molecule has 0 radical (unpaired) electrons. The molecule has 1 amide bonds. The van der Waals surface area contributed by atoms with E-state index in [0.29, 0.717) is 11.1 Å². The van der Waals surface area contributed by atoms with Gasteiger partial charge >= 0.3 is 5.97 Å². The summed E-state index contributed by atoms with van der Waals surface area (Å²) in [5.74, 6) is -0.858. The van der Waals surface area contributed by atoms with Crippen LogP contribution in [0, 0.1) is 20.8 Å². The molecule has 0 aromatic heterocycles. The number of hydrogen-bond donors (Lipinski definition) is 2. The Kier molecular flexibility index (Phi) is 9.13. The minimum atomic E-state index is -4.10. The van der Waals surface area contributed by atoms with E-state index in [2.05, 4.69) is 10.0 Å². The molecule has 0 heterocycles. The van der Waals surface area contributed by atoms with Crippen molar-refractivity contribution >= 4 is 27.6 Å². The number of carbonyl (C=O) groups is 2. The molecular formula is C28H32N2O7S. The zero-order chi connectivity index (χ0) is 28.0. The third kappa shape index (κ3) is 6.51. The highest BCUT2D eigenvalue weighted by atomic mass is 32.2. The van der Waals surface area contributed by atoms with Crippen LogP contribution in [0.5, 0.6) is 11.5 Å². The van der Waals surface area contributed by atoms with Crippen LogP contribution in [-0.4, -0.2) is 47.7 Å². The lowest BCUT2D eigenvalue weighted by Crippen LogP contribution is -2.45. The summed E-state index contributed by atoms with van der Waals surface area (Å²) in [4.78, 5) is 26.2. The van der Waals surface area contributed by atoms with Crippen LogP contribution in [0.1, 0.15) is 32.6 Å². The van der Waals surface area contributed by atoms with Gasteiger partial charge < -0.3 is 19.5 Å². The molecule has 0 saturated heterocycles. The smallest absolute Gasteiger partial charge is 0.340 e. The molecule has 0 aliphatic rings. The Morgan fingerprint density at radius 1 is 0.868 bits per heavy atom. The van der Waals surface area contributed by atoms with E-state index >= 15 is 0 Å². The van der Waals surface area contributed by atoms with E-state index in [1.54, 1.807) is 50.2 Å². The van der Waals surface area contributed by atoms with Crippen molar-refractivity contribution < 1.29 is 32.2 Å². The van der Waals surface area contributed by atoms with Crippen molar-refractivity contribution in [2.75, 3.05) is 26.6 Å². The summed E-state index contributed by atoms with van der Waals surface area (Å²) >= 11 is 0. The SMILES string of the molecule is COC(=O)c1cc(OC)c(OC)cc1NC(=O)[C@H](Cc1ccccc1)NS(=O)(=O)c1c(C)cc(C)cc1C. The van der Waals surface area contributed by atoms with Gasteiger partial charge in [-0.1, -0.05) is 48.0 Å². The Labute approximate surface area is 223 Å². The van der Waals surface area contributed by atoms with E-state index in [1.807, 2.05) is 13.0 Å². The molecule has 3 rings (SSSR count). The van der Waals surface area contributed by atoms with Gasteiger partial charge in [0.1, 0.15) is 6.04 Å². The quantitative estimate of drug-likeness (QED) is 0.374. The number of anilines is 1. The molecule has 0 aliphatic heterocycles. The van der Waals surface area contributed by atoms with E-state index in [-0.39, 0.29) is 34.1 Å². The van der Waals surface area contributed by atoms with Gasteiger partial charge in [-0.05, 0) is 43.9 Å². The van der Waals surface area contributed by atoms with Crippen molar-refractivity contribution in [2.45, 2.75) is 38.1 Å². The summed E-state index contributed by atoms with van der Waals surface area (Å²) in [5, 5.41) is 2.68. The van der Waals surface area contributed by atoms with Crippen LogP contribution >= 0.6 is 0 Å². The fourth-order valence-electron chi connectivity index (χ4n) is 4.36. The minimum Gasteiger partial charge on any atom is -0.493 e. The van der Waals surface area contributed by atoms with Crippen molar-refractivity contribution in [2.24, 2.45) is 0 Å². The number of hydrogen-bond acceptors (Lipinski definition) is 7. The van der Waals surface area contributed by atoms with Crippen molar-refractivity contribution in [1.29, 1.82) is 0 Å². The molecule has 0 fully saturated rings. The molecule has 3 aromatic rings. The number of methoxy groups -OCH3 is 3. The van der Waals surface area contributed by atoms with Gasteiger partial charge in [0.05, 0.1) is 37.5 Å². The monoisotopic (exact) mass is 540 g/mol. The first kappa shape index (κ1) is 28.7. The number of benzene rings is 3. The molecule has 1 atom stereocenters. The molecule has 0 unspecified atom stereocenters. The van der Waals surface area contributed by atoms with Crippen molar-refractivity contribution in [3.63, 3.8) is 0 Å². The van der Waals surface area contributed by atoms with Gasteiger partial charge in [-0.3, -0.25) is 4.79 Å². The fraction of sp³-hybridized carbons (Fsp3) is 0.286. The van der Waals surface area contributed by atoms with Crippen molar-refractivity contribution in [3.05, 3.63) is 82.4 Å². The third-order valence-corrected chi connectivity index (χ3v) is 7.73. The second-order valence-electron chi connectivity index (χ2n) is 8.83. The molecule has 0 aliphatic carbocycles. The zero-order valence-corrected chi connectivity index (χ0v) is 23.1. The Bertz CT molecular complexity index is 1410. The van der Waals surface area contributed by atoms with Crippen LogP contribution in [-0.2, 0) is 26.0 Å². The second-order valence-corrected chi connectivity index (χ2v) is 10.5. The maximum absolute atomic E-state index is 13.6. The maximum Gasteiger partial charge on any atom is 0.340 e. The van der Waals surface area contributed by atoms with Gasteiger partial charge in [-0.2, -0.15) is 4.72 Å². The summed E-state index contributed by atoms with van der Waals surface area (Å²) < 4.78 is 45.1. The van der Waals surface area contributed by atoms with Gasteiger partial charge in [0.2, 0.25) is 15.9 Å².